The molecule has 0 fully saturated rings. The van der Waals surface area contributed by atoms with Gasteiger partial charge in [-0.2, -0.15) is 0 Å². The van der Waals surface area contributed by atoms with Gasteiger partial charge in [0.15, 0.2) is 5.82 Å². The molecule has 1 heterocycles. The fraction of sp³-hybridized carbons (Fsp3) is 0.0833. The number of nitrogens with zero attached hydrogens (tertiary/aromatic N) is 3. The molecule has 0 unspecified atom stereocenters. The molecule has 8 heteroatoms. The fourth-order valence-electron chi connectivity index (χ4n) is 3.09. The van der Waals surface area contributed by atoms with Gasteiger partial charge in [-0.1, -0.05) is 60.7 Å². The smallest absolute Gasteiger partial charge is 0.273 e. The summed E-state index contributed by atoms with van der Waals surface area (Å²) in [5.74, 6) is -0.917. The van der Waals surface area contributed by atoms with Crippen molar-refractivity contribution in [2.75, 3.05) is 0 Å². The zero-order valence-corrected chi connectivity index (χ0v) is 17.0. The Labute approximate surface area is 183 Å². The zero-order chi connectivity index (χ0) is 22.3. The van der Waals surface area contributed by atoms with E-state index in [1.54, 1.807) is 16.8 Å². The van der Waals surface area contributed by atoms with Crippen LogP contribution in [-0.4, -0.2) is 26.6 Å². The van der Waals surface area contributed by atoms with E-state index in [0.717, 1.165) is 16.8 Å². The van der Waals surface area contributed by atoms with E-state index in [1.807, 2.05) is 60.7 Å². The van der Waals surface area contributed by atoms with Crippen LogP contribution in [0.5, 0.6) is 0 Å². The largest absolute Gasteiger partial charge is 0.309 e. The molecule has 0 saturated carbocycles. The van der Waals surface area contributed by atoms with Crippen LogP contribution in [0.3, 0.4) is 0 Å². The molecular weight excluding hydrogens is 409 g/mol. The van der Waals surface area contributed by atoms with Crippen LogP contribution in [0.1, 0.15) is 22.6 Å². The van der Waals surface area contributed by atoms with Gasteiger partial charge < -0.3 is 0 Å². The van der Waals surface area contributed by atoms with Crippen LogP contribution in [0.15, 0.2) is 84.9 Å². The van der Waals surface area contributed by atoms with E-state index in [4.69, 9.17) is 0 Å². The molecule has 7 nitrogen and oxygen atoms in total. The minimum atomic E-state index is -0.632. The molecule has 4 aromatic rings. The summed E-state index contributed by atoms with van der Waals surface area (Å²) in [5.41, 5.74) is 7.09. The highest BCUT2D eigenvalue weighted by Gasteiger charge is 2.19. The van der Waals surface area contributed by atoms with Gasteiger partial charge in [0.2, 0.25) is 11.7 Å². The highest BCUT2D eigenvalue weighted by atomic mass is 19.1. The maximum atomic E-state index is 13.0. The predicted molar refractivity (Wildman–Crippen MR) is 117 cm³/mol. The van der Waals surface area contributed by atoms with Crippen molar-refractivity contribution in [3.63, 3.8) is 0 Å². The number of rotatable bonds is 6. The van der Waals surface area contributed by atoms with Crippen molar-refractivity contribution in [2.24, 2.45) is 0 Å². The Kier molecular flexibility index (Phi) is 6.31. The van der Waals surface area contributed by atoms with Crippen LogP contribution in [0.4, 0.5) is 4.39 Å². The number of halogens is 1. The first-order valence-corrected chi connectivity index (χ1v) is 10.0. The van der Waals surface area contributed by atoms with Crippen LogP contribution in [-0.2, 0) is 11.2 Å². The van der Waals surface area contributed by atoms with Gasteiger partial charge in [-0.3, -0.25) is 20.4 Å². The summed E-state index contributed by atoms with van der Waals surface area (Å²) < 4.78 is 14.5. The highest BCUT2D eigenvalue weighted by molar-refractivity contribution is 5.92. The molecule has 0 saturated heterocycles. The summed E-state index contributed by atoms with van der Waals surface area (Å²) in [6, 6.07) is 24.7. The first-order chi connectivity index (χ1) is 15.6. The van der Waals surface area contributed by atoms with Crippen LogP contribution in [0, 0.1) is 5.82 Å². The van der Waals surface area contributed by atoms with Gasteiger partial charge in [0, 0.05) is 12.0 Å². The third-order valence-corrected chi connectivity index (χ3v) is 4.71. The Hall–Kier alpha value is -4.33. The van der Waals surface area contributed by atoms with Crippen molar-refractivity contribution in [3.05, 3.63) is 102 Å². The van der Waals surface area contributed by atoms with Crippen LogP contribution in [0.25, 0.3) is 17.1 Å². The lowest BCUT2D eigenvalue weighted by Gasteiger charge is -2.06. The number of aryl methyl sites for hydroxylation is 1. The van der Waals surface area contributed by atoms with Gasteiger partial charge in [-0.25, -0.2) is 14.1 Å². The minimum absolute atomic E-state index is 0.0773. The molecule has 3 aromatic carbocycles. The third-order valence-electron chi connectivity index (χ3n) is 4.71. The first kappa shape index (κ1) is 20.9. The van der Waals surface area contributed by atoms with Crippen molar-refractivity contribution in [3.8, 4) is 17.1 Å². The molecule has 160 valence electrons. The molecule has 2 amide bonds. The lowest BCUT2D eigenvalue weighted by atomic mass is 10.1. The van der Waals surface area contributed by atoms with Gasteiger partial charge in [-0.05, 0) is 36.2 Å². The molecule has 32 heavy (non-hydrogen) atoms. The number of carbonyl (C=O) groups excluding carboxylic acids is 2. The summed E-state index contributed by atoms with van der Waals surface area (Å²) in [4.78, 5) is 29.1. The normalized spacial score (nSPS) is 10.5. The topological polar surface area (TPSA) is 88.9 Å². The van der Waals surface area contributed by atoms with Gasteiger partial charge in [0.1, 0.15) is 5.82 Å². The zero-order valence-electron chi connectivity index (χ0n) is 17.0. The molecule has 0 radical (unpaired) electrons. The first-order valence-electron chi connectivity index (χ1n) is 10.0. The molecular formula is C24H20FN5O2. The number of hydrogen-bond donors (Lipinski definition) is 2. The standard InChI is InChI=1S/C24H20FN5O2/c25-19-14-11-17(12-15-19)13-16-21(31)27-28-24(32)22-26-23(18-7-3-1-4-8-18)30(29-22)20-9-5-2-6-10-20/h1-12,14-15H,13,16H2,(H,27,31)(H,28,32). The number of carbonyl (C=O) groups is 2. The Balaban J connectivity index is 1.45. The number of aromatic nitrogens is 3. The molecule has 1 aromatic heterocycles. The van der Waals surface area contributed by atoms with E-state index < -0.39 is 5.91 Å². The van der Waals surface area contributed by atoms with Crippen molar-refractivity contribution < 1.29 is 14.0 Å². The van der Waals surface area contributed by atoms with Crippen LogP contribution in [0.2, 0.25) is 0 Å². The summed E-state index contributed by atoms with van der Waals surface area (Å²) in [6.45, 7) is 0. The SMILES string of the molecule is O=C(CCc1ccc(F)cc1)NNC(=O)c1nc(-c2ccccc2)n(-c2ccccc2)n1. The van der Waals surface area contributed by atoms with E-state index in [1.165, 1.54) is 12.1 Å². The Morgan fingerprint density at radius 1 is 0.844 bits per heavy atom. The van der Waals surface area contributed by atoms with E-state index in [2.05, 4.69) is 20.9 Å². The van der Waals surface area contributed by atoms with Crippen LogP contribution >= 0.6 is 0 Å². The fourth-order valence-corrected chi connectivity index (χ4v) is 3.09. The third kappa shape index (κ3) is 5.04. The highest BCUT2D eigenvalue weighted by Crippen LogP contribution is 2.20. The van der Waals surface area contributed by atoms with E-state index >= 15 is 0 Å². The van der Waals surface area contributed by atoms with Gasteiger partial charge in [0.05, 0.1) is 5.69 Å². The monoisotopic (exact) mass is 429 g/mol. The van der Waals surface area contributed by atoms with Crippen molar-refractivity contribution >= 4 is 11.8 Å². The maximum Gasteiger partial charge on any atom is 0.309 e. The lowest BCUT2D eigenvalue weighted by Crippen LogP contribution is -2.42. The van der Waals surface area contributed by atoms with Crippen molar-refractivity contribution in [1.82, 2.24) is 25.6 Å². The number of hydrogen-bond acceptors (Lipinski definition) is 4. The van der Waals surface area contributed by atoms with E-state index in [-0.39, 0.29) is 24.0 Å². The van der Waals surface area contributed by atoms with Gasteiger partial charge in [-0.15, -0.1) is 5.10 Å². The van der Waals surface area contributed by atoms with E-state index in [0.29, 0.717) is 12.2 Å². The number of para-hydroxylation sites is 1. The second-order valence-electron chi connectivity index (χ2n) is 7.00. The predicted octanol–water partition coefficient (Wildman–Crippen LogP) is 3.47. The van der Waals surface area contributed by atoms with Gasteiger partial charge >= 0.3 is 5.91 Å². The molecule has 4 rings (SSSR count). The average Bonchev–Trinajstić information content (AvgIpc) is 3.29. The van der Waals surface area contributed by atoms with E-state index in [9.17, 15) is 14.0 Å². The molecule has 0 aliphatic heterocycles. The quantitative estimate of drug-likeness (QED) is 0.460. The van der Waals surface area contributed by atoms with Crippen molar-refractivity contribution in [1.29, 1.82) is 0 Å². The maximum absolute atomic E-state index is 13.0. The Morgan fingerprint density at radius 2 is 1.50 bits per heavy atom. The molecule has 0 spiro atoms. The molecule has 0 aliphatic carbocycles. The Morgan fingerprint density at radius 3 is 2.19 bits per heavy atom. The molecule has 0 atom stereocenters. The summed E-state index contributed by atoms with van der Waals surface area (Å²) in [6.07, 6.45) is 0.550. The molecule has 2 N–H and O–H groups in total. The summed E-state index contributed by atoms with van der Waals surface area (Å²) in [5, 5.41) is 4.34. The summed E-state index contributed by atoms with van der Waals surface area (Å²) >= 11 is 0. The van der Waals surface area contributed by atoms with Crippen LogP contribution < -0.4 is 10.9 Å². The molecule has 0 aliphatic rings. The van der Waals surface area contributed by atoms with Gasteiger partial charge in [0.25, 0.3) is 0 Å². The second kappa shape index (κ2) is 9.65. The average molecular weight is 429 g/mol. The minimum Gasteiger partial charge on any atom is -0.273 e. The second-order valence-corrected chi connectivity index (χ2v) is 7.00. The Bertz CT molecular complexity index is 1150. The number of benzene rings is 3. The number of amides is 2. The lowest BCUT2D eigenvalue weighted by molar-refractivity contribution is -0.121. The molecule has 0 bridgehead atoms. The number of hydrazine groups is 1. The number of nitrogens with one attached hydrogen (secondary N) is 2. The van der Waals surface area contributed by atoms with Crippen molar-refractivity contribution in [2.45, 2.75) is 12.8 Å². The summed E-state index contributed by atoms with van der Waals surface area (Å²) in [7, 11) is 0.